The van der Waals surface area contributed by atoms with Crippen molar-refractivity contribution in [3.8, 4) is 0 Å². The van der Waals surface area contributed by atoms with Crippen LogP contribution in [0.25, 0.3) is 10.8 Å². The van der Waals surface area contributed by atoms with E-state index in [-0.39, 0.29) is 21.9 Å². The van der Waals surface area contributed by atoms with Gasteiger partial charge in [0.1, 0.15) is 0 Å². The van der Waals surface area contributed by atoms with E-state index in [9.17, 15) is 14.9 Å². The lowest BCUT2D eigenvalue weighted by atomic mass is 9.94. The number of amides is 1. The highest BCUT2D eigenvalue weighted by atomic mass is 16.6. The number of hydrogen-bond acceptors (Lipinski definition) is 5. The number of carbonyl (C=O) groups is 1. The zero-order valence-electron chi connectivity index (χ0n) is 14.7. The molecule has 0 N–H and O–H groups in total. The second kappa shape index (κ2) is 6.31. The number of carbonyl (C=O) groups excluding carboxylic acids is 1. The predicted octanol–water partition coefficient (Wildman–Crippen LogP) is 2.84. The lowest BCUT2D eigenvalue weighted by Gasteiger charge is -2.39. The van der Waals surface area contributed by atoms with Crippen molar-refractivity contribution in [1.29, 1.82) is 0 Å². The van der Waals surface area contributed by atoms with Gasteiger partial charge in [0.15, 0.2) is 0 Å². The molecule has 0 spiro atoms. The SMILES string of the molecule is CC(C)(C)C(=O)N1CCN(c2ccc([N+](=O)[O-])c3cnccc23)CC1. The molecule has 1 aliphatic rings. The molecule has 7 nitrogen and oxygen atoms in total. The van der Waals surface area contributed by atoms with Crippen molar-refractivity contribution in [2.45, 2.75) is 20.8 Å². The molecular formula is C18H22N4O3. The van der Waals surface area contributed by atoms with Crippen molar-refractivity contribution in [3.63, 3.8) is 0 Å². The van der Waals surface area contributed by atoms with Gasteiger partial charge < -0.3 is 9.80 Å². The second-order valence-corrected chi connectivity index (χ2v) is 7.31. The fourth-order valence-corrected chi connectivity index (χ4v) is 3.22. The third kappa shape index (κ3) is 3.26. The highest BCUT2D eigenvalue weighted by Crippen LogP contribution is 2.33. The molecule has 25 heavy (non-hydrogen) atoms. The molecule has 1 saturated heterocycles. The molecule has 0 saturated carbocycles. The van der Waals surface area contributed by atoms with E-state index < -0.39 is 0 Å². The van der Waals surface area contributed by atoms with Crippen molar-refractivity contribution < 1.29 is 9.72 Å². The van der Waals surface area contributed by atoms with Crippen LogP contribution in [0.5, 0.6) is 0 Å². The number of non-ortho nitro benzene ring substituents is 1. The zero-order chi connectivity index (χ0) is 18.2. The molecule has 0 bridgehead atoms. The van der Waals surface area contributed by atoms with E-state index >= 15 is 0 Å². The monoisotopic (exact) mass is 342 g/mol. The molecule has 0 radical (unpaired) electrons. The van der Waals surface area contributed by atoms with Gasteiger partial charge in [0.2, 0.25) is 5.91 Å². The normalized spacial score (nSPS) is 15.5. The average Bonchev–Trinajstić information content (AvgIpc) is 2.59. The van der Waals surface area contributed by atoms with Crippen LogP contribution < -0.4 is 4.90 Å². The first kappa shape index (κ1) is 17.1. The molecule has 1 fully saturated rings. The maximum Gasteiger partial charge on any atom is 0.278 e. The van der Waals surface area contributed by atoms with Gasteiger partial charge in [-0.05, 0) is 12.1 Å². The number of aromatic nitrogens is 1. The molecule has 3 rings (SSSR count). The van der Waals surface area contributed by atoms with Crippen LogP contribution >= 0.6 is 0 Å². The van der Waals surface area contributed by atoms with Crippen molar-refractivity contribution in [3.05, 3.63) is 40.7 Å². The molecule has 2 heterocycles. The second-order valence-electron chi connectivity index (χ2n) is 7.31. The highest BCUT2D eigenvalue weighted by molar-refractivity contribution is 5.99. The zero-order valence-corrected chi connectivity index (χ0v) is 14.7. The maximum absolute atomic E-state index is 12.4. The van der Waals surface area contributed by atoms with Crippen molar-refractivity contribution in [1.82, 2.24) is 9.88 Å². The predicted molar refractivity (Wildman–Crippen MR) is 96.6 cm³/mol. The van der Waals surface area contributed by atoms with Gasteiger partial charge in [-0.25, -0.2) is 0 Å². The Bertz CT molecular complexity index is 821. The Hall–Kier alpha value is -2.70. The van der Waals surface area contributed by atoms with E-state index in [1.165, 1.54) is 12.3 Å². The number of pyridine rings is 1. The van der Waals surface area contributed by atoms with Crippen LogP contribution in [0, 0.1) is 15.5 Å². The number of anilines is 1. The van der Waals surface area contributed by atoms with Crippen LogP contribution in [-0.4, -0.2) is 46.9 Å². The van der Waals surface area contributed by atoms with E-state index in [2.05, 4.69) is 9.88 Å². The summed E-state index contributed by atoms with van der Waals surface area (Å²) in [5.41, 5.74) is 0.632. The van der Waals surface area contributed by atoms with Gasteiger partial charge in [-0.3, -0.25) is 19.9 Å². The molecule has 1 amide bonds. The van der Waals surface area contributed by atoms with Crippen LogP contribution in [0.2, 0.25) is 0 Å². The van der Waals surface area contributed by atoms with Gasteiger partial charge in [-0.1, -0.05) is 20.8 Å². The summed E-state index contributed by atoms with van der Waals surface area (Å²) in [6, 6.07) is 5.14. The Morgan fingerprint density at radius 1 is 1.12 bits per heavy atom. The standard InChI is InChI=1S/C18H22N4O3/c1-18(2,3)17(23)21-10-8-20(9-11-21)15-4-5-16(22(24)25)14-12-19-7-6-13(14)15/h4-7,12H,8-11H2,1-3H3. The number of benzene rings is 1. The molecule has 1 aliphatic heterocycles. The van der Waals surface area contributed by atoms with Gasteiger partial charge in [0.05, 0.1) is 10.3 Å². The highest BCUT2D eigenvalue weighted by Gasteiger charge is 2.30. The Labute approximate surface area is 146 Å². The van der Waals surface area contributed by atoms with Gasteiger partial charge in [-0.2, -0.15) is 0 Å². The minimum atomic E-state index is -0.381. The first-order chi connectivity index (χ1) is 11.8. The van der Waals surface area contributed by atoms with Crippen LogP contribution in [0.4, 0.5) is 11.4 Å². The topological polar surface area (TPSA) is 79.6 Å². The first-order valence-electron chi connectivity index (χ1n) is 8.34. The number of fused-ring (bicyclic) bond motifs is 1. The fourth-order valence-electron chi connectivity index (χ4n) is 3.22. The molecule has 1 aromatic heterocycles. The van der Waals surface area contributed by atoms with E-state index in [4.69, 9.17) is 0 Å². The summed E-state index contributed by atoms with van der Waals surface area (Å²) in [7, 11) is 0. The average molecular weight is 342 g/mol. The van der Waals surface area contributed by atoms with Gasteiger partial charge in [0.25, 0.3) is 5.69 Å². The molecule has 132 valence electrons. The number of rotatable bonds is 2. The summed E-state index contributed by atoms with van der Waals surface area (Å²) in [5, 5.41) is 12.6. The summed E-state index contributed by atoms with van der Waals surface area (Å²) in [6.45, 7) is 8.50. The fraction of sp³-hybridized carbons (Fsp3) is 0.444. The summed E-state index contributed by atoms with van der Waals surface area (Å²) >= 11 is 0. The number of nitro groups is 1. The largest absolute Gasteiger partial charge is 0.367 e. The third-order valence-corrected chi connectivity index (χ3v) is 4.52. The Balaban J connectivity index is 1.86. The number of piperazine rings is 1. The minimum Gasteiger partial charge on any atom is -0.367 e. The quantitative estimate of drug-likeness (QED) is 0.619. The Morgan fingerprint density at radius 2 is 1.80 bits per heavy atom. The molecule has 0 atom stereocenters. The van der Waals surface area contributed by atoms with E-state index in [0.717, 1.165) is 11.1 Å². The van der Waals surface area contributed by atoms with Crippen molar-refractivity contribution >= 4 is 28.1 Å². The van der Waals surface area contributed by atoms with Crippen LogP contribution in [-0.2, 0) is 4.79 Å². The third-order valence-electron chi connectivity index (χ3n) is 4.52. The maximum atomic E-state index is 12.4. The minimum absolute atomic E-state index is 0.0633. The Morgan fingerprint density at radius 3 is 2.40 bits per heavy atom. The number of nitro benzene ring substituents is 1. The molecular weight excluding hydrogens is 320 g/mol. The van der Waals surface area contributed by atoms with Crippen LogP contribution in [0.1, 0.15) is 20.8 Å². The van der Waals surface area contributed by atoms with E-state index in [0.29, 0.717) is 31.6 Å². The Kier molecular flexibility index (Phi) is 4.32. The molecule has 0 unspecified atom stereocenters. The molecule has 0 aliphatic carbocycles. The summed E-state index contributed by atoms with van der Waals surface area (Å²) in [4.78, 5) is 31.4. The number of nitrogens with zero attached hydrogens (tertiary/aromatic N) is 4. The lowest BCUT2D eigenvalue weighted by molar-refractivity contribution is -0.383. The summed E-state index contributed by atoms with van der Waals surface area (Å²) in [6.07, 6.45) is 3.19. The molecule has 7 heteroatoms. The van der Waals surface area contributed by atoms with Crippen LogP contribution in [0.15, 0.2) is 30.6 Å². The summed E-state index contributed by atoms with van der Waals surface area (Å²) in [5.74, 6) is 0.157. The van der Waals surface area contributed by atoms with Gasteiger partial charge in [0, 0.05) is 61.1 Å². The molecule has 2 aromatic rings. The van der Waals surface area contributed by atoms with E-state index in [1.54, 1.807) is 12.3 Å². The summed E-state index contributed by atoms with van der Waals surface area (Å²) < 4.78 is 0. The van der Waals surface area contributed by atoms with E-state index in [1.807, 2.05) is 31.7 Å². The number of hydrogen-bond donors (Lipinski definition) is 0. The van der Waals surface area contributed by atoms with Crippen molar-refractivity contribution in [2.24, 2.45) is 5.41 Å². The van der Waals surface area contributed by atoms with Crippen LogP contribution in [0.3, 0.4) is 0 Å². The van der Waals surface area contributed by atoms with Gasteiger partial charge in [-0.15, -0.1) is 0 Å². The van der Waals surface area contributed by atoms with Crippen molar-refractivity contribution in [2.75, 3.05) is 31.1 Å². The first-order valence-corrected chi connectivity index (χ1v) is 8.34. The van der Waals surface area contributed by atoms with Gasteiger partial charge >= 0.3 is 0 Å². The molecule has 1 aromatic carbocycles. The lowest BCUT2D eigenvalue weighted by Crippen LogP contribution is -2.51. The smallest absolute Gasteiger partial charge is 0.278 e.